The molecule has 8 nitrogen and oxygen atoms in total. The molecular formula is C29H25N7OS. The van der Waals surface area contributed by atoms with Crippen LogP contribution < -0.4 is 5.32 Å². The first kappa shape index (κ1) is 22.8. The van der Waals surface area contributed by atoms with Crippen molar-refractivity contribution < 1.29 is 4.79 Å². The lowest BCUT2D eigenvalue weighted by Gasteiger charge is -2.20. The molecule has 38 heavy (non-hydrogen) atoms. The molecule has 6 heterocycles. The number of nitrogens with zero attached hydrogens (tertiary/aromatic N) is 4. The van der Waals surface area contributed by atoms with Crippen molar-refractivity contribution in [2.24, 2.45) is 5.92 Å². The Balaban J connectivity index is 1.23. The number of fused-ring (bicyclic) bond motifs is 2. The molecule has 0 unspecified atom stereocenters. The molecule has 6 aromatic heterocycles. The Labute approximate surface area is 222 Å². The van der Waals surface area contributed by atoms with Gasteiger partial charge in [0, 0.05) is 45.1 Å². The number of hydrogen-bond donors (Lipinski definition) is 3. The first-order valence-electron chi connectivity index (χ1n) is 12.9. The number of rotatable bonds is 5. The van der Waals surface area contributed by atoms with Gasteiger partial charge in [-0.25, -0.2) is 4.98 Å². The summed E-state index contributed by atoms with van der Waals surface area (Å²) < 4.78 is 0. The van der Waals surface area contributed by atoms with E-state index in [0.29, 0.717) is 5.69 Å². The normalized spacial score (nSPS) is 14.3. The van der Waals surface area contributed by atoms with Crippen LogP contribution in [0.15, 0.2) is 66.6 Å². The number of hydrogen-bond acceptors (Lipinski definition) is 6. The average molecular weight is 520 g/mol. The molecule has 0 bridgehead atoms. The van der Waals surface area contributed by atoms with Crippen LogP contribution in [0.4, 0.5) is 5.69 Å². The number of aromatic nitrogens is 6. The second kappa shape index (κ2) is 9.50. The Bertz CT molecular complexity index is 1760. The summed E-state index contributed by atoms with van der Waals surface area (Å²) in [5, 5.41) is 14.8. The molecule has 1 aliphatic carbocycles. The van der Waals surface area contributed by atoms with E-state index in [1.165, 1.54) is 11.3 Å². The van der Waals surface area contributed by atoms with Crippen molar-refractivity contribution in [1.29, 1.82) is 0 Å². The van der Waals surface area contributed by atoms with Crippen LogP contribution in [-0.4, -0.2) is 36.0 Å². The lowest BCUT2D eigenvalue weighted by atomic mass is 9.88. The minimum absolute atomic E-state index is 0.0820. The van der Waals surface area contributed by atoms with Crippen molar-refractivity contribution in [3.05, 3.63) is 66.6 Å². The second-order valence-electron chi connectivity index (χ2n) is 9.75. The zero-order valence-corrected chi connectivity index (χ0v) is 21.4. The molecule has 1 aliphatic rings. The summed E-state index contributed by atoms with van der Waals surface area (Å²) in [5.41, 5.74) is 6.77. The van der Waals surface area contributed by atoms with E-state index in [1.54, 1.807) is 29.9 Å². The number of aromatic amines is 2. The van der Waals surface area contributed by atoms with Gasteiger partial charge in [-0.05, 0) is 48.6 Å². The molecule has 0 spiro atoms. The highest BCUT2D eigenvalue weighted by atomic mass is 32.1. The van der Waals surface area contributed by atoms with Gasteiger partial charge in [0.25, 0.3) is 0 Å². The van der Waals surface area contributed by atoms with Gasteiger partial charge in [0.1, 0.15) is 11.3 Å². The molecule has 0 radical (unpaired) electrons. The molecule has 1 saturated carbocycles. The smallest absolute Gasteiger partial charge is 0.227 e. The van der Waals surface area contributed by atoms with Gasteiger partial charge in [-0.2, -0.15) is 5.10 Å². The molecule has 0 aliphatic heterocycles. The Kier molecular flexibility index (Phi) is 5.70. The van der Waals surface area contributed by atoms with Crippen LogP contribution in [-0.2, 0) is 4.79 Å². The standard InChI is InChI=1S/C29H25N7OS/c37-29(17-5-2-1-3-6-17)33-19-11-18(14-30-15-19)23-13-22-25(16-32-23)35-36-27(22)24-12-21-20(26-7-4-10-38-26)8-9-31-28(21)34-24/h4,7-17H,1-3,5-6H2,(H,31,34)(H,33,37)(H,35,36). The van der Waals surface area contributed by atoms with Crippen LogP contribution in [0.1, 0.15) is 32.1 Å². The molecule has 7 rings (SSSR count). The molecule has 6 aromatic rings. The average Bonchev–Trinajstić information content (AvgIpc) is 3.73. The first-order valence-corrected chi connectivity index (χ1v) is 13.7. The predicted molar refractivity (Wildman–Crippen MR) is 151 cm³/mol. The summed E-state index contributed by atoms with van der Waals surface area (Å²) in [6.45, 7) is 0. The summed E-state index contributed by atoms with van der Waals surface area (Å²) >= 11 is 1.71. The lowest BCUT2D eigenvalue weighted by Crippen LogP contribution is -2.24. The summed E-state index contributed by atoms with van der Waals surface area (Å²) in [6, 6.07) is 12.3. The summed E-state index contributed by atoms with van der Waals surface area (Å²) in [4.78, 5) is 31.0. The summed E-state index contributed by atoms with van der Waals surface area (Å²) in [7, 11) is 0. The highest BCUT2D eigenvalue weighted by molar-refractivity contribution is 7.13. The third-order valence-electron chi connectivity index (χ3n) is 7.30. The fraction of sp³-hybridized carbons (Fsp3) is 0.207. The van der Waals surface area contributed by atoms with Crippen molar-refractivity contribution in [3.63, 3.8) is 0 Å². The van der Waals surface area contributed by atoms with Crippen molar-refractivity contribution in [3.8, 4) is 33.1 Å². The molecule has 1 amide bonds. The molecule has 188 valence electrons. The predicted octanol–water partition coefficient (Wildman–Crippen LogP) is 6.81. The molecule has 9 heteroatoms. The van der Waals surface area contributed by atoms with Crippen LogP contribution >= 0.6 is 11.3 Å². The molecule has 0 atom stereocenters. The third-order valence-corrected chi connectivity index (χ3v) is 8.20. The zero-order chi connectivity index (χ0) is 25.5. The highest BCUT2D eigenvalue weighted by Crippen LogP contribution is 2.35. The van der Waals surface area contributed by atoms with E-state index in [9.17, 15) is 4.79 Å². The van der Waals surface area contributed by atoms with Gasteiger partial charge in [-0.3, -0.25) is 19.9 Å². The minimum atomic E-state index is 0.0820. The number of H-pyrrole nitrogens is 2. The fourth-order valence-electron chi connectivity index (χ4n) is 5.34. The minimum Gasteiger partial charge on any atom is -0.338 e. The van der Waals surface area contributed by atoms with E-state index in [1.807, 2.05) is 24.4 Å². The van der Waals surface area contributed by atoms with Gasteiger partial charge < -0.3 is 10.3 Å². The topological polar surface area (TPSA) is 112 Å². The number of anilines is 1. The number of thiophene rings is 1. The number of carbonyl (C=O) groups is 1. The first-order chi connectivity index (χ1) is 18.7. The van der Waals surface area contributed by atoms with E-state index < -0.39 is 0 Å². The lowest BCUT2D eigenvalue weighted by molar-refractivity contribution is -0.120. The van der Waals surface area contributed by atoms with Crippen molar-refractivity contribution in [2.75, 3.05) is 5.32 Å². The molecule has 1 fully saturated rings. The van der Waals surface area contributed by atoms with Gasteiger partial charge in [0.2, 0.25) is 5.91 Å². The maximum atomic E-state index is 12.8. The Morgan fingerprint density at radius 2 is 1.92 bits per heavy atom. The van der Waals surface area contributed by atoms with Gasteiger partial charge in [0.15, 0.2) is 0 Å². The highest BCUT2D eigenvalue weighted by Gasteiger charge is 2.21. The largest absolute Gasteiger partial charge is 0.338 e. The SMILES string of the molecule is O=C(Nc1cncc(-c2cc3c(-c4cc5c(-c6cccs6)ccnc5[nH]4)n[nH]c3cn2)c1)C1CCCCC1. The molecular weight excluding hydrogens is 494 g/mol. The van der Waals surface area contributed by atoms with Crippen LogP contribution in [0.25, 0.3) is 55.0 Å². The van der Waals surface area contributed by atoms with E-state index in [0.717, 1.165) is 75.8 Å². The van der Waals surface area contributed by atoms with Gasteiger partial charge in [-0.15, -0.1) is 11.3 Å². The summed E-state index contributed by atoms with van der Waals surface area (Å²) in [5.74, 6) is 0.167. The molecule has 0 aromatic carbocycles. The van der Waals surface area contributed by atoms with E-state index >= 15 is 0 Å². The number of pyridine rings is 3. The monoisotopic (exact) mass is 519 g/mol. The molecule has 0 saturated heterocycles. The maximum Gasteiger partial charge on any atom is 0.227 e. The van der Waals surface area contributed by atoms with Crippen molar-refractivity contribution in [2.45, 2.75) is 32.1 Å². The third kappa shape index (κ3) is 4.14. The quantitative estimate of drug-likeness (QED) is 0.232. The number of carbonyl (C=O) groups excluding carboxylic acids is 1. The van der Waals surface area contributed by atoms with E-state index in [-0.39, 0.29) is 11.8 Å². The van der Waals surface area contributed by atoms with E-state index in [2.05, 4.69) is 59.0 Å². The Hall–Kier alpha value is -4.37. The Morgan fingerprint density at radius 1 is 1.00 bits per heavy atom. The molecule has 3 N–H and O–H groups in total. The van der Waals surface area contributed by atoms with E-state index in [4.69, 9.17) is 0 Å². The van der Waals surface area contributed by atoms with Crippen LogP contribution in [0.2, 0.25) is 0 Å². The van der Waals surface area contributed by atoms with Gasteiger partial charge in [0.05, 0.1) is 35.0 Å². The fourth-order valence-corrected chi connectivity index (χ4v) is 6.10. The Morgan fingerprint density at radius 3 is 2.79 bits per heavy atom. The van der Waals surface area contributed by atoms with Crippen molar-refractivity contribution >= 4 is 44.9 Å². The zero-order valence-electron chi connectivity index (χ0n) is 20.6. The van der Waals surface area contributed by atoms with Crippen LogP contribution in [0, 0.1) is 5.92 Å². The summed E-state index contributed by atoms with van der Waals surface area (Å²) in [6.07, 6.45) is 12.4. The van der Waals surface area contributed by atoms with Crippen LogP contribution in [0.3, 0.4) is 0 Å². The van der Waals surface area contributed by atoms with Gasteiger partial charge in [-0.1, -0.05) is 25.3 Å². The van der Waals surface area contributed by atoms with Crippen LogP contribution in [0.5, 0.6) is 0 Å². The maximum absolute atomic E-state index is 12.8. The number of amides is 1. The van der Waals surface area contributed by atoms with Gasteiger partial charge >= 0.3 is 0 Å². The number of nitrogens with one attached hydrogen (secondary N) is 3. The van der Waals surface area contributed by atoms with Crippen molar-refractivity contribution in [1.82, 2.24) is 30.1 Å². The second-order valence-corrected chi connectivity index (χ2v) is 10.7.